The number of aliphatic hydroxyl groups is 1. The Labute approximate surface area is 115 Å². The standard InChI is InChI=1S/C13H17F3N2O2/c1-9(18-12(20)17-7-2-8-19)10-3-5-11(6-4-10)13(14,15)16/h3-6,9,19H,2,7-8H2,1H3,(H2,17,18,20). The van der Waals surface area contributed by atoms with Crippen LogP contribution >= 0.6 is 0 Å². The fourth-order valence-corrected chi connectivity index (χ4v) is 1.57. The predicted molar refractivity (Wildman–Crippen MR) is 68.1 cm³/mol. The van der Waals surface area contributed by atoms with Crippen molar-refractivity contribution in [2.75, 3.05) is 13.2 Å². The first-order chi connectivity index (χ1) is 9.34. The number of alkyl halides is 3. The van der Waals surface area contributed by atoms with Crippen molar-refractivity contribution in [2.24, 2.45) is 0 Å². The average Bonchev–Trinajstić information content (AvgIpc) is 2.38. The van der Waals surface area contributed by atoms with Crippen molar-refractivity contribution in [2.45, 2.75) is 25.6 Å². The average molecular weight is 290 g/mol. The highest BCUT2D eigenvalue weighted by Crippen LogP contribution is 2.29. The smallest absolute Gasteiger partial charge is 0.396 e. The van der Waals surface area contributed by atoms with Gasteiger partial charge in [-0.25, -0.2) is 4.79 Å². The van der Waals surface area contributed by atoms with Gasteiger partial charge in [-0.15, -0.1) is 0 Å². The zero-order valence-corrected chi connectivity index (χ0v) is 11.0. The first kappa shape index (κ1) is 16.3. The lowest BCUT2D eigenvalue weighted by Gasteiger charge is -2.16. The minimum atomic E-state index is -4.36. The molecule has 1 unspecified atom stereocenters. The van der Waals surface area contributed by atoms with Crippen LogP contribution < -0.4 is 10.6 Å². The van der Waals surface area contributed by atoms with E-state index in [4.69, 9.17) is 5.11 Å². The summed E-state index contributed by atoms with van der Waals surface area (Å²) in [5.74, 6) is 0. The SMILES string of the molecule is CC(NC(=O)NCCCO)c1ccc(C(F)(F)F)cc1. The van der Waals surface area contributed by atoms with Gasteiger partial charge >= 0.3 is 12.2 Å². The summed E-state index contributed by atoms with van der Waals surface area (Å²) in [5, 5.41) is 13.7. The molecular weight excluding hydrogens is 273 g/mol. The van der Waals surface area contributed by atoms with Crippen LogP contribution in [0.1, 0.15) is 30.5 Å². The third-order valence-corrected chi connectivity index (χ3v) is 2.71. The molecule has 2 amide bonds. The van der Waals surface area contributed by atoms with Crippen LogP contribution in [0.5, 0.6) is 0 Å². The topological polar surface area (TPSA) is 61.4 Å². The van der Waals surface area contributed by atoms with Gasteiger partial charge in [0, 0.05) is 13.2 Å². The van der Waals surface area contributed by atoms with Crippen LogP contribution in [0, 0.1) is 0 Å². The Hall–Kier alpha value is -1.76. The molecule has 3 N–H and O–H groups in total. The van der Waals surface area contributed by atoms with Gasteiger partial charge in [0.2, 0.25) is 0 Å². The van der Waals surface area contributed by atoms with E-state index in [0.29, 0.717) is 18.5 Å². The number of carbonyl (C=O) groups excluding carboxylic acids is 1. The zero-order chi connectivity index (χ0) is 15.2. The summed E-state index contributed by atoms with van der Waals surface area (Å²) in [6.07, 6.45) is -3.92. The molecule has 0 saturated heterocycles. The van der Waals surface area contributed by atoms with Crippen LogP contribution in [-0.4, -0.2) is 24.3 Å². The number of aliphatic hydroxyl groups excluding tert-OH is 1. The molecule has 1 aromatic rings. The molecular formula is C13H17F3N2O2. The maximum absolute atomic E-state index is 12.4. The summed E-state index contributed by atoms with van der Waals surface area (Å²) >= 11 is 0. The minimum Gasteiger partial charge on any atom is -0.396 e. The molecule has 0 aliphatic heterocycles. The Morgan fingerprint density at radius 3 is 2.40 bits per heavy atom. The molecule has 20 heavy (non-hydrogen) atoms. The third kappa shape index (κ3) is 5.08. The molecule has 0 fully saturated rings. The van der Waals surface area contributed by atoms with Gasteiger partial charge in [-0.05, 0) is 31.0 Å². The fourth-order valence-electron chi connectivity index (χ4n) is 1.57. The molecule has 1 atom stereocenters. The van der Waals surface area contributed by atoms with Crippen LogP contribution in [-0.2, 0) is 6.18 Å². The van der Waals surface area contributed by atoms with Crippen molar-refractivity contribution in [3.8, 4) is 0 Å². The van der Waals surface area contributed by atoms with Gasteiger partial charge in [0.1, 0.15) is 0 Å². The summed E-state index contributed by atoms with van der Waals surface area (Å²) in [7, 11) is 0. The van der Waals surface area contributed by atoms with E-state index in [0.717, 1.165) is 12.1 Å². The van der Waals surface area contributed by atoms with Gasteiger partial charge in [-0.1, -0.05) is 12.1 Å². The Kier molecular flexibility index (Phi) is 5.82. The molecule has 0 radical (unpaired) electrons. The van der Waals surface area contributed by atoms with Gasteiger partial charge < -0.3 is 15.7 Å². The second kappa shape index (κ2) is 7.14. The first-order valence-electron chi connectivity index (χ1n) is 6.17. The molecule has 0 aliphatic carbocycles. The Morgan fingerprint density at radius 2 is 1.90 bits per heavy atom. The van der Waals surface area contributed by atoms with Crippen molar-refractivity contribution >= 4 is 6.03 Å². The molecule has 0 aromatic heterocycles. The molecule has 0 saturated carbocycles. The number of benzene rings is 1. The lowest BCUT2D eigenvalue weighted by molar-refractivity contribution is -0.137. The number of nitrogens with one attached hydrogen (secondary N) is 2. The van der Waals surface area contributed by atoms with Crippen LogP contribution in [0.4, 0.5) is 18.0 Å². The molecule has 7 heteroatoms. The monoisotopic (exact) mass is 290 g/mol. The number of rotatable bonds is 5. The lowest BCUT2D eigenvalue weighted by atomic mass is 10.1. The molecule has 1 rings (SSSR count). The molecule has 112 valence electrons. The van der Waals surface area contributed by atoms with E-state index < -0.39 is 23.8 Å². The largest absolute Gasteiger partial charge is 0.416 e. The normalized spacial score (nSPS) is 12.8. The van der Waals surface area contributed by atoms with Crippen molar-refractivity contribution < 1.29 is 23.1 Å². The number of hydrogen-bond acceptors (Lipinski definition) is 2. The lowest BCUT2D eigenvalue weighted by Crippen LogP contribution is -2.37. The highest BCUT2D eigenvalue weighted by Gasteiger charge is 2.30. The van der Waals surface area contributed by atoms with Gasteiger partial charge in [0.05, 0.1) is 11.6 Å². The highest BCUT2D eigenvalue weighted by atomic mass is 19.4. The van der Waals surface area contributed by atoms with Gasteiger partial charge in [0.15, 0.2) is 0 Å². The summed E-state index contributed by atoms with van der Waals surface area (Å²) in [6, 6.07) is 3.80. The van der Waals surface area contributed by atoms with E-state index in [1.807, 2.05) is 0 Å². The molecule has 1 aromatic carbocycles. The van der Waals surface area contributed by atoms with Gasteiger partial charge in [-0.2, -0.15) is 13.2 Å². The van der Waals surface area contributed by atoms with E-state index in [1.54, 1.807) is 6.92 Å². The van der Waals surface area contributed by atoms with Crippen molar-refractivity contribution in [3.05, 3.63) is 35.4 Å². The number of hydrogen-bond donors (Lipinski definition) is 3. The van der Waals surface area contributed by atoms with E-state index in [-0.39, 0.29) is 6.61 Å². The number of amides is 2. The zero-order valence-electron chi connectivity index (χ0n) is 11.0. The number of urea groups is 1. The van der Waals surface area contributed by atoms with Crippen molar-refractivity contribution in [3.63, 3.8) is 0 Å². The van der Waals surface area contributed by atoms with Crippen LogP contribution in [0.15, 0.2) is 24.3 Å². The van der Waals surface area contributed by atoms with E-state index in [2.05, 4.69) is 10.6 Å². The quantitative estimate of drug-likeness (QED) is 0.729. The van der Waals surface area contributed by atoms with Crippen LogP contribution in [0.25, 0.3) is 0 Å². The van der Waals surface area contributed by atoms with Gasteiger partial charge in [0.25, 0.3) is 0 Å². The summed E-state index contributed by atoms with van der Waals surface area (Å²) in [6.45, 7) is 1.99. The second-order valence-corrected chi connectivity index (χ2v) is 4.32. The van der Waals surface area contributed by atoms with Crippen LogP contribution in [0.3, 0.4) is 0 Å². The third-order valence-electron chi connectivity index (χ3n) is 2.71. The number of halogens is 3. The fraction of sp³-hybridized carbons (Fsp3) is 0.462. The Bertz CT molecular complexity index is 432. The van der Waals surface area contributed by atoms with E-state index in [9.17, 15) is 18.0 Å². The van der Waals surface area contributed by atoms with E-state index in [1.165, 1.54) is 12.1 Å². The number of carbonyl (C=O) groups is 1. The Balaban J connectivity index is 2.55. The molecule has 0 bridgehead atoms. The maximum Gasteiger partial charge on any atom is 0.416 e. The predicted octanol–water partition coefficient (Wildman–Crippen LogP) is 2.45. The second-order valence-electron chi connectivity index (χ2n) is 4.32. The molecule has 0 spiro atoms. The minimum absolute atomic E-state index is 0.0191. The van der Waals surface area contributed by atoms with Gasteiger partial charge in [-0.3, -0.25) is 0 Å². The highest BCUT2D eigenvalue weighted by molar-refractivity contribution is 5.74. The summed E-state index contributed by atoms with van der Waals surface area (Å²) in [4.78, 5) is 11.4. The first-order valence-corrected chi connectivity index (χ1v) is 6.17. The summed E-state index contributed by atoms with van der Waals surface area (Å²) < 4.78 is 37.2. The summed E-state index contributed by atoms with van der Waals surface area (Å²) in [5.41, 5.74) is -0.142. The van der Waals surface area contributed by atoms with E-state index >= 15 is 0 Å². The van der Waals surface area contributed by atoms with Crippen molar-refractivity contribution in [1.82, 2.24) is 10.6 Å². The molecule has 0 heterocycles. The van der Waals surface area contributed by atoms with Crippen LogP contribution in [0.2, 0.25) is 0 Å². The molecule has 0 aliphatic rings. The molecule has 4 nitrogen and oxygen atoms in total. The maximum atomic E-state index is 12.4. The Morgan fingerprint density at radius 1 is 1.30 bits per heavy atom. The van der Waals surface area contributed by atoms with Crippen molar-refractivity contribution in [1.29, 1.82) is 0 Å².